The molecule has 0 aliphatic carbocycles. The standard InChI is InChI=1S/C19H30N4O3/c1-3-21-19(23-10-4-5-14(13-23)11-18(20)25)22-12-17(24)15-6-8-16(26-2)9-7-15/h6-9,14,17,24H,3-5,10-13H2,1-2H3,(H2,20,25)(H,21,22). The summed E-state index contributed by atoms with van der Waals surface area (Å²) in [5, 5.41) is 13.7. The highest BCUT2D eigenvalue weighted by Gasteiger charge is 2.23. The number of methoxy groups -OCH3 is 1. The van der Waals surface area contributed by atoms with Crippen molar-refractivity contribution in [2.24, 2.45) is 16.6 Å². The topological polar surface area (TPSA) is 100 Å². The number of aliphatic imine (C=N–C) groups is 1. The first kappa shape index (κ1) is 20.0. The Bertz CT molecular complexity index is 603. The Labute approximate surface area is 155 Å². The predicted octanol–water partition coefficient (Wildman–Crippen LogP) is 1.28. The predicted molar refractivity (Wildman–Crippen MR) is 102 cm³/mol. The van der Waals surface area contributed by atoms with Gasteiger partial charge in [0, 0.05) is 26.1 Å². The number of hydrogen-bond acceptors (Lipinski definition) is 4. The number of nitrogens with two attached hydrogens (primary N) is 1. The number of carbonyl (C=O) groups is 1. The molecule has 7 nitrogen and oxygen atoms in total. The molecule has 0 bridgehead atoms. The highest BCUT2D eigenvalue weighted by molar-refractivity contribution is 5.80. The number of ether oxygens (including phenoxy) is 1. The molecule has 2 unspecified atom stereocenters. The normalized spacial score (nSPS) is 19.1. The zero-order valence-electron chi connectivity index (χ0n) is 15.6. The van der Waals surface area contributed by atoms with Crippen LogP contribution in [0.25, 0.3) is 0 Å². The van der Waals surface area contributed by atoms with E-state index in [2.05, 4.69) is 15.2 Å². The van der Waals surface area contributed by atoms with Gasteiger partial charge in [-0.15, -0.1) is 0 Å². The van der Waals surface area contributed by atoms with Crippen LogP contribution in [-0.4, -0.2) is 55.2 Å². The number of nitrogens with zero attached hydrogens (tertiary/aromatic N) is 2. The second kappa shape index (κ2) is 10.0. The Balaban J connectivity index is 2.01. The third-order valence-corrected chi connectivity index (χ3v) is 4.56. The first-order valence-electron chi connectivity index (χ1n) is 9.17. The van der Waals surface area contributed by atoms with Gasteiger partial charge in [-0.1, -0.05) is 12.1 Å². The zero-order valence-corrected chi connectivity index (χ0v) is 15.6. The minimum Gasteiger partial charge on any atom is -0.497 e. The van der Waals surface area contributed by atoms with Crippen molar-refractivity contribution < 1.29 is 14.6 Å². The third kappa shape index (κ3) is 5.91. The average molecular weight is 362 g/mol. The lowest BCUT2D eigenvalue weighted by molar-refractivity contribution is -0.119. The van der Waals surface area contributed by atoms with E-state index < -0.39 is 6.10 Å². The number of hydrogen-bond donors (Lipinski definition) is 3. The van der Waals surface area contributed by atoms with Crippen LogP contribution in [0.15, 0.2) is 29.3 Å². The molecule has 4 N–H and O–H groups in total. The van der Waals surface area contributed by atoms with Crippen molar-refractivity contribution in [1.82, 2.24) is 10.2 Å². The fraction of sp³-hybridized carbons (Fsp3) is 0.579. The quantitative estimate of drug-likeness (QED) is 0.501. The molecule has 1 aliphatic rings. The average Bonchev–Trinajstić information content (AvgIpc) is 2.64. The zero-order chi connectivity index (χ0) is 18.9. The maximum atomic E-state index is 11.2. The lowest BCUT2D eigenvalue weighted by atomic mass is 9.95. The van der Waals surface area contributed by atoms with E-state index in [-0.39, 0.29) is 18.4 Å². The molecule has 0 radical (unpaired) electrons. The molecule has 2 atom stereocenters. The minimum atomic E-state index is -0.680. The number of amides is 1. The molecule has 0 aromatic heterocycles. The van der Waals surface area contributed by atoms with E-state index >= 15 is 0 Å². The van der Waals surface area contributed by atoms with Crippen LogP contribution in [0, 0.1) is 5.92 Å². The third-order valence-electron chi connectivity index (χ3n) is 4.56. The van der Waals surface area contributed by atoms with E-state index in [9.17, 15) is 9.90 Å². The number of nitrogens with one attached hydrogen (secondary N) is 1. The van der Waals surface area contributed by atoms with Gasteiger partial charge >= 0.3 is 0 Å². The smallest absolute Gasteiger partial charge is 0.217 e. The van der Waals surface area contributed by atoms with Crippen molar-refractivity contribution in [3.63, 3.8) is 0 Å². The van der Waals surface area contributed by atoms with Crippen LogP contribution in [0.1, 0.15) is 37.9 Å². The first-order valence-corrected chi connectivity index (χ1v) is 9.17. The molecule has 7 heteroatoms. The number of piperidine rings is 1. The van der Waals surface area contributed by atoms with E-state index in [0.29, 0.717) is 6.42 Å². The van der Waals surface area contributed by atoms with Crippen LogP contribution in [0.2, 0.25) is 0 Å². The Morgan fingerprint density at radius 2 is 2.19 bits per heavy atom. The molecule has 1 aromatic carbocycles. The van der Waals surface area contributed by atoms with Crippen molar-refractivity contribution in [3.8, 4) is 5.75 Å². The summed E-state index contributed by atoms with van der Waals surface area (Å²) in [5.41, 5.74) is 6.14. The Morgan fingerprint density at radius 3 is 2.81 bits per heavy atom. The summed E-state index contributed by atoms with van der Waals surface area (Å²) in [4.78, 5) is 18.0. The van der Waals surface area contributed by atoms with Gasteiger partial charge in [-0.3, -0.25) is 9.79 Å². The number of benzene rings is 1. The number of aliphatic hydroxyl groups is 1. The maximum Gasteiger partial charge on any atom is 0.217 e. The van der Waals surface area contributed by atoms with Gasteiger partial charge in [0.1, 0.15) is 5.75 Å². The monoisotopic (exact) mass is 362 g/mol. The highest BCUT2D eigenvalue weighted by atomic mass is 16.5. The molecule has 1 saturated heterocycles. The molecule has 144 valence electrons. The van der Waals surface area contributed by atoms with Crippen LogP contribution >= 0.6 is 0 Å². The molecule has 1 aliphatic heterocycles. The number of likely N-dealkylation sites (tertiary alicyclic amines) is 1. The van der Waals surface area contributed by atoms with E-state index in [0.717, 1.165) is 49.7 Å². The van der Waals surface area contributed by atoms with Gasteiger partial charge in [0.15, 0.2) is 5.96 Å². The van der Waals surface area contributed by atoms with E-state index in [1.54, 1.807) is 7.11 Å². The van der Waals surface area contributed by atoms with E-state index in [4.69, 9.17) is 10.5 Å². The molecular weight excluding hydrogens is 332 g/mol. The number of aliphatic hydroxyl groups excluding tert-OH is 1. The van der Waals surface area contributed by atoms with Gasteiger partial charge < -0.3 is 25.8 Å². The maximum absolute atomic E-state index is 11.2. The van der Waals surface area contributed by atoms with Gasteiger partial charge in [-0.2, -0.15) is 0 Å². The molecule has 1 aromatic rings. The van der Waals surface area contributed by atoms with Crippen molar-refractivity contribution in [1.29, 1.82) is 0 Å². The Kier molecular flexibility index (Phi) is 7.72. The van der Waals surface area contributed by atoms with Gasteiger partial charge in [0.2, 0.25) is 5.91 Å². The number of carbonyl (C=O) groups excluding carboxylic acids is 1. The van der Waals surface area contributed by atoms with Gasteiger partial charge in [0.05, 0.1) is 19.8 Å². The second-order valence-corrected chi connectivity index (χ2v) is 6.61. The summed E-state index contributed by atoms with van der Waals surface area (Å²) < 4.78 is 5.14. The molecule has 1 fully saturated rings. The van der Waals surface area contributed by atoms with Crippen LogP contribution in [-0.2, 0) is 4.79 Å². The molecular formula is C19H30N4O3. The lowest BCUT2D eigenvalue weighted by Gasteiger charge is -2.34. The summed E-state index contributed by atoms with van der Waals surface area (Å²) in [6.07, 6.45) is 1.74. The molecule has 1 amide bonds. The minimum absolute atomic E-state index is 0.256. The van der Waals surface area contributed by atoms with Crippen LogP contribution in [0.3, 0.4) is 0 Å². The molecule has 1 heterocycles. The number of rotatable bonds is 7. The van der Waals surface area contributed by atoms with Gasteiger partial charge in [-0.05, 0) is 43.4 Å². The largest absolute Gasteiger partial charge is 0.497 e. The summed E-state index contributed by atoms with van der Waals surface area (Å²) in [7, 11) is 1.61. The summed E-state index contributed by atoms with van der Waals surface area (Å²) in [6, 6.07) is 7.34. The fourth-order valence-corrected chi connectivity index (χ4v) is 3.24. The molecule has 26 heavy (non-hydrogen) atoms. The van der Waals surface area contributed by atoms with Crippen molar-refractivity contribution >= 4 is 11.9 Å². The lowest BCUT2D eigenvalue weighted by Crippen LogP contribution is -2.47. The van der Waals surface area contributed by atoms with Crippen LogP contribution in [0.4, 0.5) is 0 Å². The van der Waals surface area contributed by atoms with Gasteiger partial charge in [0.25, 0.3) is 0 Å². The molecule has 0 spiro atoms. The summed E-state index contributed by atoms with van der Waals surface area (Å²) in [6.45, 7) is 4.67. The first-order chi connectivity index (χ1) is 12.5. The number of guanidine groups is 1. The van der Waals surface area contributed by atoms with Crippen LogP contribution < -0.4 is 15.8 Å². The molecule has 0 saturated carbocycles. The van der Waals surface area contributed by atoms with Crippen molar-refractivity contribution in [2.75, 3.05) is 33.3 Å². The van der Waals surface area contributed by atoms with Gasteiger partial charge in [-0.25, -0.2) is 0 Å². The van der Waals surface area contributed by atoms with E-state index in [1.165, 1.54) is 0 Å². The number of primary amides is 1. The van der Waals surface area contributed by atoms with E-state index in [1.807, 2.05) is 31.2 Å². The van der Waals surface area contributed by atoms with Crippen molar-refractivity contribution in [3.05, 3.63) is 29.8 Å². The van der Waals surface area contributed by atoms with Crippen LogP contribution in [0.5, 0.6) is 5.75 Å². The highest BCUT2D eigenvalue weighted by Crippen LogP contribution is 2.20. The summed E-state index contributed by atoms with van der Waals surface area (Å²) in [5.74, 6) is 1.53. The SMILES string of the molecule is CCNC(=NCC(O)c1ccc(OC)cc1)N1CCCC(CC(N)=O)C1. The second-order valence-electron chi connectivity index (χ2n) is 6.61. The summed E-state index contributed by atoms with van der Waals surface area (Å²) >= 11 is 0. The Hall–Kier alpha value is -2.28. The fourth-order valence-electron chi connectivity index (χ4n) is 3.24. The van der Waals surface area contributed by atoms with Crippen molar-refractivity contribution in [2.45, 2.75) is 32.3 Å². The molecule has 2 rings (SSSR count). The Morgan fingerprint density at radius 1 is 1.46 bits per heavy atom.